The van der Waals surface area contributed by atoms with Gasteiger partial charge in [-0.15, -0.1) is 0 Å². The molecule has 4 N–H and O–H groups in total. The molecule has 2 unspecified atom stereocenters. The van der Waals surface area contributed by atoms with Gasteiger partial charge >= 0.3 is 5.97 Å². The highest BCUT2D eigenvalue weighted by Gasteiger charge is 2.39. The summed E-state index contributed by atoms with van der Waals surface area (Å²) < 4.78 is 30.1. The van der Waals surface area contributed by atoms with E-state index in [0.29, 0.717) is 18.5 Å². The van der Waals surface area contributed by atoms with Crippen LogP contribution in [0.3, 0.4) is 0 Å². The van der Waals surface area contributed by atoms with Crippen molar-refractivity contribution in [1.29, 1.82) is 0 Å². The van der Waals surface area contributed by atoms with E-state index >= 15 is 0 Å². The quantitative estimate of drug-likeness (QED) is 0.274. The second-order valence-corrected chi connectivity index (χ2v) is 13.9. The van der Waals surface area contributed by atoms with Crippen LogP contribution in [0.5, 0.6) is 0 Å². The summed E-state index contributed by atoms with van der Waals surface area (Å²) in [5, 5.41) is 17.0. The van der Waals surface area contributed by atoms with Crippen molar-refractivity contribution in [3.8, 4) is 0 Å². The minimum absolute atomic E-state index is 0.0605. The minimum Gasteiger partial charge on any atom is -0.481 e. The number of hydrogen-bond donors (Lipinski definition) is 4. The van der Waals surface area contributed by atoms with E-state index in [-0.39, 0.29) is 24.2 Å². The van der Waals surface area contributed by atoms with Crippen molar-refractivity contribution in [2.24, 2.45) is 17.8 Å². The van der Waals surface area contributed by atoms with Crippen LogP contribution in [0.2, 0.25) is 0 Å². The maximum absolute atomic E-state index is 13.9. The van der Waals surface area contributed by atoms with Crippen LogP contribution in [0.25, 0.3) is 6.08 Å². The number of rotatable bonds is 11. The Morgan fingerprint density at radius 2 is 1.73 bits per heavy atom. The molecule has 4 atom stereocenters. The largest absolute Gasteiger partial charge is 0.481 e. The van der Waals surface area contributed by atoms with Gasteiger partial charge in [0.15, 0.2) is 6.21 Å². The molecular weight excluding hydrogens is 592 g/mol. The van der Waals surface area contributed by atoms with E-state index in [0.717, 1.165) is 48.9 Å². The molecule has 10 nitrogen and oxygen atoms in total. The first-order valence-electron chi connectivity index (χ1n) is 15.8. The topological polar surface area (TPSA) is 145 Å². The lowest BCUT2D eigenvalue weighted by Crippen LogP contribution is -2.52. The molecular formula is C34H45N4O6S+. The molecule has 2 heterocycles. The number of benzene rings is 2. The molecule has 2 aromatic carbocycles. The Morgan fingerprint density at radius 3 is 2.47 bits per heavy atom. The van der Waals surface area contributed by atoms with Crippen LogP contribution < -0.4 is 15.4 Å². The molecule has 0 fully saturated rings. The van der Waals surface area contributed by atoms with E-state index in [1.54, 1.807) is 24.3 Å². The molecule has 0 aliphatic carbocycles. The Hall–Kier alpha value is -3.83. The van der Waals surface area contributed by atoms with Gasteiger partial charge in [-0.1, -0.05) is 68.8 Å². The van der Waals surface area contributed by atoms with Gasteiger partial charge < -0.3 is 15.7 Å². The zero-order chi connectivity index (χ0) is 32.4. The number of carbonyl (C=O) groups is 3. The number of hydrogen-bond acceptors (Lipinski definition) is 5. The van der Waals surface area contributed by atoms with E-state index in [9.17, 15) is 27.9 Å². The van der Waals surface area contributed by atoms with E-state index in [1.165, 1.54) is 6.08 Å². The van der Waals surface area contributed by atoms with Gasteiger partial charge in [0.05, 0.1) is 17.8 Å². The van der Waals surface area contributed by atoms with E-state index < -0.39 is 46.3 Å². The zero-order valence-electron chi connectivity index (χ0n) is 26.0. The first-order chi connectivity index (χ1) is 21.5. The van der Waals surface area contributed by atoms with Gasteiger partial charge in [0, 0.05) is 36.5 Å². The third-order valence-corrected chi connectivity index (χ3v) is 9.43. The van der Waals surface area contributed by atoms with E-state index in [2.05, 4.69) is 32.2 Å². The molecule has 2 aromatic rings. The number of carboxylic acids is 1. The summed E-state index contributed by atoms with van der Waals surface area (Å²) in [6.07, 6.45) is 7.93. The van der Waals surface area contributed by atoms with Crippen molar-refractivity contribution in [3.05, 3.63) is 71.1 Å². The molecule has 0 aromatic heterocycles. The van der Waals surface area contributed by atoms with E-state index in [4.69, 9.17) is 0 Å². The monoisotopic (exact) mass is 637 g/mol. The molecule has 45 heavy (non-hydrogen) atoms. The summed E-state index contributed by atoms with van der Waals surface area (Å²) in [6.45, 7) is 4.63. The lowest BCUT2D eigenvalue weighted by atomic mass is 9.84. The standard InChI is InChI=1S/C34H44N4O6S/c1-24(2)20-28(29(34(41)42)22-36-45(43,44)19-16-25-12-6-5-7-13-25)32(39)37-30-21-26-23-38(31-15-9-8-14-27(26)31)18-11-4-3-10-17-35-33(30)40/h5-9,12-16,19,23-24,26,28-30,36H,3-4,10-11,17-18,20-22H2,1-2H3,(H2-,35,37,39,40,41,42)/p+1/t26?,28-,29?,30+/m1/s1. The Kier molecular flexibility index (Phi) is 12.1. The van der Waals surface area contributed by atoms with Crippen molar-refractivity contribution in [1.82, 2.24) is 15.4 Å². The number of fused-ring (bicyclic) bond motifs is 4. The minimum atomic E-state index is -3.99. The van der Waals surface area contributed by atoms with Crippen molar-refractivity contribution in [2.75, 3.05) is 19.6 Å². The summed E-state index contributed by atoms with van der Waals surface area (Å²) in [7, 11) is -3.99. The number of sulfonamides is 1. The number of para-hydroxylation sites is 1. The number of carbonyl (C=O) groups excluding carboxylic acids is 2. The molecule has 2 amide bonds. The highest BCUT2D eigenvalue weighted by atomic mass is 32.2. The lowest BCUT2D eigenvalue weighted by molar-refractivity contribution is -0.433. The van der Waals surface area contributed by atoms with Crippen LogP contribution in [0, 0.1) is 17.8 Å². The van der Waals surface area contributed by atoms with Crippen LogP contribution in [0.15, 0.2) is 60.0 Å². The molecule has 242 valence electrons. The Bertz CT molecular complexity index is 1510. The summed E-state index contributed by atoms with van der Waals surface area (Å²) in [5.41, 5.74) is 2.86. The molecule has 0 saturated carbocycles. The molecule has 2 aliphatic heterocycles. The van der Waals surface area contributed by atoms with Crippen LogP contribution in [-0.2, 0) is 24.4 Å². The molecule has 2 bridgehead atoms. The highest BCUT2D eigenvalue weighted by molar-refractivity contribution is 7.92. The fourth-order valence-electron chi connectivity index (χ4n) is 6.03. The number of amides is 2. The van der Waals surface area contributed by atoms with Crippen LogP contribution in [0.1, 0.15) is 69.4 Å². The van der Waals surface area contributed by atoms with Gasteiger partial charge in [0.25, 0.3) is 0 Å². The van der Waals surface area contributed by atoms with Gasteiger partial charge in [-0.05, 0) is 43.2 Å². The normalized spacial score (nSPS) is 20.6. The molecule has 0 saturated heterocycles. The number of nitrogens with zero attached hydrogens (tertiary/aromatic N) is 1. The summed E-state index contributed by atoms with van der Waals surface area (Å²) in [4.78, 5) is 39.8. The van der Waals surface area contributed by atoms with Crippen LogP contribution in [0.4, 0.5) is 5.69 Å². The van der Waals surface area contributed by atoms with Crippen molar-refractivity contribution in [3.63, 3.8) is 0 Å². The first-order valence-corrected chi connectivity index (χ1v) is 17.3. The van der Waals surface area contributed by atoms with Gasteiger partial charge in [-0.2, -0.15) is 0 Å². The first kappa shape index (κ1) is 34.1. The maximum atomic E-state index is 13.9. The second kappa shape index (κ2) is 15.9. The average molecular weight is 638 g/mol. The number of nitrogens with one attached hydrogen (secondary N) is 3. The second-order valence-electron chi connectivity index (χ2n) is 12.3. The molecule has 2 aliphatic rings. The molecule has 0 spiro atoms. The van der Waals surface area contributed by atoms with Crippen molar-refractivity contribution < 1.29 is 32.5 Å². The van der Waals surface area contributed by atoms with Crippen molar-refractivity contribution in [2.45, 2.75) is 64.3 Å². The van der Waals surface area contributed by atoms with Crippen LogP contribution >= 0.6 is 0 Å². The lowest BCUT2D eigenvalue weighted by Gasteiger charge is -2.28. The summed E-state index contributed by atoms with van der Waals surface area (Å²) >= 11 is 0. The zero-order valence-corrected chi connectivity index (χ0v) is 26.8. The average Bonchev–Trinajstić information content (AvgIpc) is 3.36. The SMILES string of the molecule is CC(C)C[C@@H](C(=O)N[C@H]1CC2C=[N+](CCCCCCNC1=O)c1ccccc12)C(CNS(=O)(=O)C=Cc1ccccc1)C(=O)O. The van der Waals surface area contributed by atoms with Gasteiger partial charge in [0.2, 0.25) is 27.5 Å². The predicted octanol–water partition coefficient (Wildman–Crippen LogP) is 4.02. The number of aliphatic carboxylic acids is 1. The third-order valence-electron chi connectivity index (χ3n) is 8.36. The maximum Gasteiger partial charge on any atom is 0.308 e. The molecule has 0 radical (unpaired) electrons. The third kappa shape index (κ3) is 9.83. The molecule has 4 rings (SSSR count). The van der Waals surface area contributed by atoms with Crippen molar-refractivity contribution >= 4 is 45.8 Å². The Morgan fingerprint density at radius 1 is 1.02 bits per heavy atom. The fourth-order valence-corrected chi connectivity index (χ4v) is 6.88. The van der Waals surface area contributed by atoms with Crippen LogP contribution in [-0.4, -0.2) is 67.8 Å². The van der Waals surface area contributed by atoms with Gasteiger partial charge in [-0.3, -0.25) is 14.4 Å². The summed E-state index contributed by atoms with van der Waals surface area (Å²) in [6, 6.07) is 16.0. The molecule has 11 heteroatoms. The Labute approximate surface area is 266 Å². The summed E-state index contributed by atoms with van der Waals surface area (Å²) in [5.74, 6) is -4.78. The highest BCUT2D eigenvalue weighted by Crippen LogP contribution is 2.35. The number of carboxylic acid groups (broad SMARTS) is 1. The Balaban J connectivity index is 1.54. The predicted molar refractivity (Wildman–Crippen MR) is 175 cm³/mol. The smallest absolute Gasteiger partial charge is 0.308 e. The van der Waals surface area contributed by atoms with Gasteiger partial charge in [0.1, 0.15) is 12.6 Å². The fraction of sp³-hybridized carbons (Fsp3) is 0.471. The van der Waals surface area contributed by atoms with E-state index in [1.807, 2.05) is 38.1 Å². The van der Waals surface area contributed by atoms with Gasteiger partial charge in [-0.25, -0.2) is 17.7 Å².